The van der Waals surface area contributed by atoms with E-state index < -0.39 is 16.2 Å². The molecule has 0 N–H and O–H groups in total. The standard InChI is InChI=1S/C15H16O5S/c1-10(20-21(3,17)18)15(16)13-5-4-12-9-14(19-2)7-6-11(12)8-13/h4-10H,1-3H3. The first-order valence-corrected chi connectivity index (χ1v) is 8.12. The van der Waals surface area contributed by atoms with Gasteiger partial charge in [0.25, 0.3) is 10.1 Å². The van der Waals surface area contributed by atoms with Gasteiger partial charge in [-0.1, -0.05) is 18.2 Å². The Morgan fingerprint density at radius 3 is 2.33 bits per heavy atom. The molecule has 0 heterocycles. The van der Waals surface area contributed by atoms with E-state index >= 15 is 0 Å². The number of carbonyl (C=O) groups excluding carboxylic acids is 1. The van der Waals surface area contributed by atoms with E-state index in [1.165, 1.54) is 6.92 Å². The number of ether oxygens (including phenoxy) is 1. The van der Waals surface area contributed by atoms with E-state index in [2.05, 4.69) is 0 Å². The molecule has 0 saturated carbocycles. The molecular weight excluding hydrogens is 292 g/mol. The molecule has 0 saturated heterocycles. The van der Waals surface area contributed by atoms with Gasteiger partial charge in [0.2, 0.25) is 0 Å². The van der Waals surface area contributed by atoms with E-state index in [9.17, 15) is 13.2 Å². The van der Waals surface area contributed by atoms with Crippen LogP contribution in [0.2, 0.25) is 0 Å². The van der Waals surface area contributed by atoms with Gasteiger partial charge in [0.1, 0.15) is 11.9 Å². The van der Waals surface area contributed by atoms with Crippen molar-refractivity contribution in [3.05, 3.63) is 42.0 Å². The molecule has 2 rings (SSSR count). The van der Waals surface area contributed by atoms with Gasteiger partial charge in [0, 0.05) is 5.56 Å². The lowest BCUT2D eigenvalue weighted by molar-refractivity contribution is 0.0827. The van der Waals surface area contributed by atoms with Crippen molar-refractivity contribution < 1.29 is 22.1 Å². The minimum absolute atomic E-state index is 0.377. The summed E-state index contributed by atoms with van der Waals surface area (Å²) in [6.45, 7) is 1.42. The Labute approximate surface area is 123 Å². The summed E-state index contributed by atoms with van der Waals surface area (Å²) >= 11 is 0. The number of hydrogen-bond donors (Lipinski definition) is 0. The third kappa shape index (κ3) is 3.80. The summed E-state index contributed by atoms with van der Waals surface area (Å²) in [5, 5.41) is 1.80. The molecular formula is C15H16O5S. The molecule has 0 fully saturated rings. The molecule has 0 amide bonds. The van der Waals surface area contributed by atoms with Crippen molar-refractivity contribution in [3.8, 4) is 5.75 Å². The second kappa shape index (κ2) is 5.83. The first kappa shape index (κ1) is 15.5. The van der Waals surface area contributed by atoms with Gasteiger partial charge in [-0.2, -0.15) is 8.42 Å². The van der Waals surface area contributed by atoms with Crippen molar-refractivity contribution in [2.45, 2.75) is 13.0 Å². The monoisotopic (exact) mass is 308 g/mol. The molecule has 0 aliphatic heterocycles. The average Bonchev–Trinajstić information content (AvgIpc) is 2.43. The van der Waals surface area contributed by atoms with Crippen LogP contribution in [0.15, 0.2) is 36.4 Å². The number of ketones is 1. The van der Waals surface area contributed by atoms with Crippen molar-refractivity contribution >= 4 is 26.7 Å². The molecule has 0 bridgehead atoms. The maximum Gasteiger partial charge on any atom is 0.265 e. The Balaban J connectivity index is 2.32. The van der Waals surface area contributed by atoms with Crippen LogP contribution in [0.5, 0.6) is 5.75 Å². The maximum absolute atomic E-state index is 12.2. The fourth-order valence-electron chi connectivity index (χ4n) is 2.04. The van der Waals surface area contributed by atoms with Gasteiger partial charge < -0.3 is 4.74 Å². The van der Waals surface area contributed by atoms with Crippen molar-refractivity contribution in [1.29, 1.82) is 0 Å². The summed E-state index contributed by atoms with van der Waals surface area (Å²) in [6, 6.07) is 10.6. The lowest BCUT2D eigenvalue weighted by Gasteiger charge is -2.11. The van der Waals surface area contributed by atoms with Gasteiger partial charge in [-0.3, -0.25) is 8.98 Å². The van der Waals surface area contributed by atoms with E-state index in [4.69, 9.17) is 8.92 Å². The highest BCUT2D eigenvalue weighted by atomic mass is 32.2. The van der Waals surface area contributed by atoms with E-state index in [-0.39, 0.29) is 5.78 Å². The van der Waals surface area contributed by atoms with Crippen LogP contribution in [0.1, 0.15) is 17.3 Å². The van der Waals surface area contributed by atoms with Gasteiger partial charge in [0.05, 0.1) is 13.4 Å². The van der Waals surface area contributed by atoms with Gasteiger partial charge >= 0.3 is 0 Å². The summed E-state index contributed by atoms with van der Waals surface area (Å²) < 4.78 is 32.0. The normalized spacial score (nSPS) is 13.1. The highest BCUT2D eigenvalue weighted by molar-refractivity contribution is 7.86. The first-order chi connectivity index (χ1) is 9.80. The van der Waals surface area contributed by atoms with Gasteiger partial charge in [-0.25, -0.2) is 0 Å². The molecule has 1 unspecified atom stereocenters. The number of hydrogen-bond acceptors (Lipinski definition) is 5. The Kier molecular flexibility index (Phi) is 4.29. The summed E-state index contributed by atoms with van der Waals surface area (Å²) in [5.41, 5.74) is 0.406. The quantitative estimate of drug-likeness (QED) is 0.626. The number of rotatable bonds is 5. The second-order valence-corrected chi connectivity index (χ2v) is 6.34. The molecule has 112 valence electrons. The number of fused-ring (bicyclic) bond motifs is 1. The minimum atomic E-state index is -3.67. The average molecular weight is 308 g/mol. The summed E-state index contributed by atoms with van der Waals surface area (Å²) in [4.78, 5) is 12.2. The number of methoxy groups -OCH3 is 1. The summed E-state index contributed by atoms with van der Waals surface area (Å²) in [5.74, 6) is 0.355. The van der Waals surface area contributed by atoms with Crippen LogP contribution < -0.4 is 4.74 Å². The fourth-order valence-corrected chi connectivity index (χ4v) is 2.66. The molecule has 1 atom stereocenters. The Morgan fingerprint density at radius 2 is 1.71 bits per heavy atom. The van der Waals surface area contributed by atoms with Crippen LogP contribution >= 0.6 is 0 Å². The highest BCUT2D eigenvalue weighted by Crippen LogP contribution is 2.22. The fraction of sp³-hybridized carbons (Fsp3) is 0.267. The lowest BCUT2D eigenvalue weighted by Crippen LogP contribution is -2.23. The van der Waals surface area contributed by atoms with Crippen molar-refractivity contribution in [2.24, 2.45) is 0 Å². The van der Waals surface area contributed by atoms with Crippen molar-refractivity contribution in [3.63, 3.8) is 0 Å². The van der Waals surface area contributed by atoms with E-state index in [1.54, 1.807) is 31.4 Å². The van der Waals surface area contributed by atoms with Crippen LogP contribution in [0.3, 0.4) is 0 Å². The predicted octanol–water partition coefficient (Wildman–Crippen LogP) is 2.40. The molecule has 0 aliphatic carbocycles. The molecule has 0 radical (unpaired) electrons. The summed E-state index contributed by atoms with van der Waals surface area (Å²) in [6.07, 6.45) is -0.126. The third-order valence-corrected chi connectivity index (χ3v) is 3.66. The zero-order valence-corrected chi connectivity index (χ0v) is 12.8. The van der Waals surface area contributed by atoms with Gasteiger partial charge in [0.15, 0.2) is 5.78 Å². The van der Waals surface area contributed by atoms with Gasteiger partial charge in [-0.15, -0.1) is 0 Å². The lowest BCUT2D eigenvalue weighted by atomic mass is 10.0. The van der Waals surface area contributed by atoms with E-state index in [0.29, 0.717) is 5.56 Å². The van der Waals surface area contributed by atoms with Crippen LogP contribution in [-0.2, 0) is 14.3 Å². The smallest absolute Gasteiger partial charge is 0.265 e. The van der Waals surface area contributed by atoms with Crippen LogP contribution in [0.25, 0.3) is 10.8 Å². The van der Waals surface area contributed by atoms with Crippen LogP contribution in [0, 0.1) is 0 Å². The van der Waals surface area contributed by atoms with Crippen LogP contribution in [0.4, 0.5) is 0 Å². The van der Waals surface area contributed by atoms with Crippen LogP contribution in [-0.4, -0.2) is 33.7 Å². The number of benzene rings is 2. The zero-order chi connectivity index (χ0) is 15.6. The number of carbonyl (C=O) groups is 1. The molecule has 2 aromatic carbocycles. The second-order valence-electron chi connectivity index (χ2n) is 4.73. The summed E-state index contributed by atoms with van der Waals surface area (Å²) in [7, 11) is -2.08. The number of Topliss-reactive ketones (excluding diaryl/α,β-unsaturated/α-hetero) is 1. The Morgan fingerprint density at radius 1 is 1.10 bits per heavy atom. The Bertz CT molecular complexity index is 780. The van der Waals surface area contributed by atoms with Crippen molar-refractivity contribution in [2.75, 3.05) is 13.4 Å². The molecule has 6 heteroatoms. The molecule has 21 heavy (non-hydrogen) atoms. The molecule has 5 nitrogen and oxygen atoms in total. The van der Waals surface area contributed by atoms with E-state index in [1.807, 2.05) is 12.1 Å². The molecule has 0 aromatic heterocycles. The maximum atomic E-state index is 12.2. The first-order valence-electron chi connectivity index (χ1n) is 6.30. The highest BCUT2D eigenvalue weighted by Gasteiger charge is 2.20. The minimum Gasteiger partial charge on any atom is -0.497 e. The molecule has 0 aliphatic rings. The SMILES string of the molecule is COc1ccc2cc(C(=O)C(C)OS(C)(=O)=O)ccc2c1. The van der Waals surface area contributed by atoms with Crippen molar-refractivity contribution in [1.82, 2.24) is 0 Å². The molecule has 2 aromatic rings. The zero-order valence-electron chi connectivity index (χ0n) is 12.0. The van der Waals surface area contributed by atoms with E-state index in [0.717, 1.165) is 22.8 Å². The Hall–Kier alpha value is -1.92. The largest absolute Gasteiger partial charge is 0.497 e. The molecule has 0 spiro atoms. The third-order valence-electron chi connectivity index (χ3n) is 3.02. The topological polar surface area (TPSA) is 69.7 Å². The predicted molar refractivity (Wildman–Crippen MR) is 80.2 cm³/mol. The van der Waals surface area contributed by atoms with Gasteiger partial charge in [-0.05, 0) is 35.9 Å².